The Hall–Kier alpha value is -0.680. The average Bonchev–Trinajstić information content (AvgIpc) is 3.19. The number of amides is 1. The van der Waals surface area contributed by atoms with Gasteiger partial charge < -0.3 is 4.90 Å². The number of fused-ring (bicyclic) bond motifs is 1. The molecule has 3 unspecified atom stereocenters. The molecule has 0 radical (unpaired) electrons. The highest BCUT2D eigenvalue weighted by Gasteiger charge is 2.47. The number of carbonyl (C=O) groups excluding carboxylic acids is 1. The van der Waals surface area contributed by atoms with E-state index in [1.54, 1.807) is 0 Å². The monoisotopic (exact) mass is 447 g/mol. The van der Waals surface area contributed by atoms with E-state index >= 15 is 0 Å². The third-order valence-electron chi connectivity index (χ3n) is 9.68. The Kier molecular flexibility index (Phi) is 7.73. The normalized spacial score (nSPS) is 38.0. The fraction of sp³-hybridized carbons (Fsp3) is 0.963. The third kappa shape index (κ3) is 5.35. The minimum absolute atomic E-state index is 0.0936. The number of halogens is 1. The van der Waals surface area contributed by atoms with Gasteiger partial charge in [-0.3, -0.25) is 14.6 Å². The van der Waals surface area contributed by atoms with E-state index < -0.39 is 6.17 Å². The number of piperazine rings is 1. The first kappa shape index (κ1) is 23.1. The minimum Gasteiger partial charge on any atom is -0.339 e. The lowest BCUT2D eigenvalue weighted by atomic mass is 9.84. The maximum atomic E-state index is 13.8. The highest BCUT2D eigenvalue weighted by Crippen LogP contribution is 2.42. The molecule has 2 heterocycles. The van der Waals surface area contributed by atoms with Crippen LogP contribution in [0.2, 0.25) is 0 Å². The molecule has 5 rings (SSSR count). The van der Waals surface area contributed by atoms with Crippen molar-refractivity contribution in [3.63, 3.8) is 0 Å². The second-order valence-corrected chi connectivity index (χ2v) is 11.8. The first-order chi connectivity index (χ1) is 15.7. The molecular formula is C27H46FN3O. The van der Waals surface area contributed by atoms with Crippen LogP contribution in [0, 0.1) is 17.8 Å². The average molecular weight is 448 g/mol. The van der Waals surface area contributed by atoms with Gasteiger partial charge in [-0.2, -0.15) is 0 Å². The van der Waals surface area contributed by atoms with Crippen molar-refractivity contribution in [3.8, 4) is 0 Å². The van der Waals surface area contributed by atoms with Gasteiger partial charge in [-0.25, -0.2) is 4.39 Å². The van der Waals surface area contributed by atoms with Crippen molar-refractivity contribution in [1.29, 1.82) is 0 Å². The van der Waals surface area contributed by atoms with Gasteiger partial charge in [0, 0.05) is 45.3 Å². The van der Waals surface area contributed by atoms with Gasteiger partial charge in [0.2, 0.25) is 5.91 Å². The molecule has 0 N–H and O–H groups in total. The maximum absolute atomic E-state index is 13.8. The number of alkyl halides is 1. The fourth-order valence-corrected chi connectivity index (χ4v) is 7.76. The predicted molar refractivity (Wildman–Crippen MR) is 127 cm³/mol. The molecule has 5 fully saturated rings. The Morgan fingerprint density at radius 3 is 2.12 bits per heavy atom. The minimum atomic E-state index is -0.588. The van der Waals surface area contributed by atoms with E-state index in [4.69, 9.17) is 0 Å². The van der Waals surface area contributed by atoms with Crippen molar-refractivity contribution in [2.45, 2.75) is 108 Å². The first-order valence-corrected chi connectivity index (χ1v) is 14.1. The standard InChI is InChI=1S/C27H46FN3O/c28-24-12-10-22(11-13-24)20-31-25-9-5-4-8-23(25)18-26(31)27(32)30-16-14-29(15-17-30)19-21-6-2-1-3-7-21/h21-26H,1-20H2. The van der Waals surface area contributed by atoms with Crippen molar-refractivity contribution in [1.82, 2.24) is 14.7 Å². The lowest BCUT2D eigenvalue weighted by molar-refractivity contribution is -0.138. The summed E-state index contributed by atoms with van der Waals surface area (Å²) >= 11 is 0. The largest absolute Gasteiger partial charge is 0.339 e. The molecule has 5 heteroatoms. The Morgan fingerprint density at radius 2 is 1.38 bits per heavy atom. The third-order valence-corrected chi connectivity index (χ3v) is 9.68. The molecule has 3 atom stereocenters. The molecule has 4 nitrogen and oxygen atoms in total. The summed E-state index contributed by atoms with van der Waals surface area (Å²) in [6.07, 6.45) is 16.2. The van der Waals surface area contributed by atoms with Crippen LogP contribution in [-0.2, 0) is 4.79 Å². The lowest BCUT2D eigenvalue weighted by Crippen LogP contribution is -2.55. The molecule has 2 saturated heterocycles. The van der Waals surface area contributed by atoms with Crippen LogP contribution in [-0.4, -0.2) is 78.1 Å². The number of rotatable bonds is 5. The van der Waals surface area contributed by atoms with Crippen LogP contribution in [0.5, 0.6) is 0 Å². The summed E-state index contributed by atoms with van der Waals surface area (Å²) in [6, 6.07) is 0.699. The zero-order valence-corrected chi connectivity index (χ0v) is 20.2. The molecule has 0 spiro atoms. The molecule has 0 aromatic carbocycles. The fourth-order valence-electron chi connectivity index (χ4n) is 7.76. The van der Waals surface area contributed by atoms with E-state index in [1.807, 2.05) is 0 Å². The number of likely N-dealkylation sites (tertiary alicyclic amines) is 1. The van der Waals surface area contributed by atoms with Gasteiger partial charge in [0.05, 0.1) is 6.04 Å². The maximum Gasteiger partial charge on any atom is 0.240 e. The van der Waals surface area contributed by atoms with Crippen LogP contribution in [0.4, 0.5) is 4.39 Å². The van der Waals surface area contributed by atoms with Crippen molar-refractivity contribution in [2.24, 2.45) is 17.8 Å². The molecule has 0 aromatic heterocycles. The zero-order chi connectivity index (χ0) is 21.9. The topological polar surface area (TPSA) is 26.8 Å². The Morgan fingerprint density at radius 1 is 0.719 bits per heavy atom. The number of hydrogen-bond acceptors (Lipinski definition) is 3. The van der Waals surface area contributed by atoms with E-state index in [1.165, 1.54) is 64.3 Å². The van der Waals surface area contributed by atoms with Gasteiger partial charge in [0.1, 0.15) is 6.17 Å². The van der Waals surface area contributed by atoms with Crippen LogP contribution >= 0.6 is 0 Å². The lowest BCUT2D eigenvalue weighted by Gasteiger charge is -2.41. The highest BCUT2D eigenvalue weighted by molar-refractivity contribution is 5.82. The first-order valence-electron chi connectivity index (χ1n) is 14.1. The molecule has 3 aliphatic carbocycles. The van der Waals surface area contributed by atoms with Gasteiger partial charge in [-0.15, -0.1) is 0 Å². The second kappa shape index (κ2) is 10.7. The van der Waals surface area contributed by atoms with Gasteiger partial charge in [-0.05, 0) is 75.5 Å². The summed E-state index contributed by atoms with van der Waals surface area (Å²) in [7, 11) is 0. The second-order valence-electron chi connectivity index (χ2n) is 11.8. The summed E-state index contributed by atoms with van der Waals surface area (Å²) in [5.41, 5.74) is 0. The summed E-state index contributed by atoms with van der Waals surface area (Å²) in [6.45, 7) is 6.23. The van der Waals surface area contributed by atoms with E-state index in [-0.39, 0.29) is 6.04 Å². The van der Waals surface area contributed by atoms with Crippen molar-refractivity contribution in [2.75, 3.05) is 39.3 Å². The SMILES string of the molecule is O=C(C1CC2CCCCC2N1CC1CCC(F)CC1)N1CCN(CC2CCCCC2)CC1. The molecule has 1 amide bonds. The predicted octanol–water partition coefficient (Wildman–Crippen LogP) is 4.87. The molecule has 5 aliphatic rings. The molecule has 2 aliphatic heterocycles. The van der Waals surface area contributed by atoms with Crippen molar-refractivity contribution >= 4 is 5.91 Å². The van der Waals surface area contributed by atoms with Gasteiger partial charge in [0.25, 0.3) is 0 Å². The molecular weight excluding hydrogens is 401 g/mol. The zero-order valence-electron chi connectivity index (χ0n) is 20.2. The van der Waals surface area contributed by atoms with Crippen LogP contribution in [0.1, 0.15) is 89.9 Å². The van der Waals surface area contributed by atoms with Crippen LogP contribution in [0.25, 0.3) is 0 Å². The van der Waals surface area contributed by atoms with Crippen LogP contribution in [0.3, 0.4) is 0 Å². The van der Waals surface area contributed by atoms with Gasteiger partial charge in [-0.1, -0.05) is 32.1 Å². The molecule has 0 bridgehead atoms. The molecule has 0 aromatic rings. The van der Waals surface area contributed by atoms with Gasteiger partial charge >= 0.3 is 0 Å². The number of hydrogen-bond donors (Lipinski definition) is 0. The van der Waals surface area contributed by atoms with E-state index in [0.29, 0.717) is 23.8 Å². The van der Waals surface area contributed by atoms with Crippen LogP contribution < -0.4 is 0 Å². The highest BCUT2D eigenvalue weighted by atomic mass is 19.1. The quantitative estimate of drug-likeness (QED) is 0.601. The van der Waals surface area contributed by atoms with Gasteiger partial charge in [0.15, 0.2) is 0 Å². The molecule has 182 valence electrons. The summed E-state index contributed by atoms with van der Waals surface area (Å²) in [4.78, 5) is 21.2. The number of nitrogens with zero attached hydrogens (tertiary/aromatic N) is 3. The Labute approximate surface area is 195 Å². The summed E-state index contributed by atoms with van der Waals surface area (Å²) in [5, 5.41) is 0. The van der Waals surface area contributed by atoms with Crippen molar-refractivity contribution in [3.05, 3.63) is 0 Å². The van der Waals surface area contributed by atoms with E-state index in [2.05, 4.69) is 14.7 Å². The Balaban J connectivity index is 1.17. The smallest absolute Gasteiger partial charge is 0.240 e. The summed E-state index contributed by atoms with van der Waals surface area (Å²) < 4.78 is 13.7. The number of carbonyl (C=O) groups is 1. The Bertz CT molecular complexity index is 608. The van der Waals surface area contributed by atoms with E-state index in [0.717, 1.165) is 70.7 Å². The van der Waals surface area contributed by atoms with Crippen LogP contribution in [0.15, 0.2) is 0 Å². The van der Waals surface area contributed by atoms with Crippen molar-refractivity contribution < 1.29 is 9.18 Å². The summed E-state index contributed by atoms with van der Waals surface area (Å²) in [5.74, 6) is 2.60. The van der Waals surface area contributed by atoms with E-state index in [9.17, 15) is 9.18 Å². The molecule has 32 heavy (non-hydrogen) atoms. The molecule has 3 saturated carbocycles.